The number of hydrogen-bond donors (Lipinski definition) is 0. The minimum atomic E-state index is 0.735. The van der Waals surface area contributed by atoms with Crippen LogP contribution in [-0.4, -0.2) is 5.25 Å². The SMILES string of the molecule is C/C=C\C1CCCC=C(C)S1. The summed E-state index contributed by atoms with van der Waals surface area (Å²) >= 11 is 2.01. The minimum Gasteiger partial charge on any atom is -0.124 e. The van der Waals surface area contributed by atoms with Crippen LogP contribution in [0.15, 0.2) is 23.1 Å². The van der Waals surface area contributed by atoms with Crippen molar-refractivity contribution in [3.63, 3.8) is 0 Å². The Balaban J connectivity index is 2.49. The van der Waals surface area contributed by atoms with Crippen LogP contribution in [-0.2, 0) is 0 Å². The Morgan fingerprint density at radius 1 is 1.64 bits per heavy atom. The molecule has 1 aliphatic rings. The monoisotopic (exact) mass is 168 g/mol. The predicted octanol–water partition coefficient (Wildman–Crippen LogP) is 3.75. The third-order valence-electron chi connectivity index (χ3n) is 1.87. The van der Waals surface area contributed by atoms with Crippen LogP contribution < -0.4 is 0 Å². The molecule has 0 aromatic heterocycles. The van der Waals surface area contributed by atoms with Crippen LogP contribution in [0.25, 0.3) is 0 Å². The van der Waals surface area contributed by atoms with Crippen LogP contribution in [0, 0.1) is 0 Å². The second kappa shape index (κ2) is 4.66. The fourth-order valence-electron chi connectivity index (χ4n) is 1.32. The summed E-state index contributed by atoms with van der Waals surface area (Å²) in [6.45, 7) is 4.32. The summed E-state index contributed by atoms with van der Waals surface area (Å²) in [4.78, 5) is 1.49. The van der Waals surface area contributed by atoms with Crippen molar-refractivity contribution in [3.8, 4) is 0 Å². The molecule has 0 aromatic rings. The van der Waals surface area contributed by atoms with Gasteiger partial charge >= 0.3 is 0 Å². The molecule has 0 bridgehead atoms. The van der Waals surface area contributed by atoms with Gasteiger partial charge in [0.05, 0.1) is 0 Å². The van der Waals surface area contributed by atoms with Gasteiger partial charge in [-0.15, -0.1) is 11.8 Å². The van der Waals surface area contributed by atoms with Gasteiger partial charge in [0.2, 0.25) is 0 Å². The van der Waals surface area contributed by atoms with Crippen molar-refractivity contribution in [2.24, 2.45) is 0 Å². The van der Waals surface area contributed by atoms with Gasteiger partial charge in [0.15, 0.2) is 0 Å². The van der Waals surface area contributed by atoms with Crippen LogP contribution in [0.4, 0.5) is 0 Å². The molecule has 0 fully saturated rings. The molecule has 1 rings (SSSR count). The lowest BCUT2D eigenvalue weighted by Crippen LogP contribution is -1.95. The summed E-state index contributed by atoms with van der Waals surface area (Å²) < 4.78 is 0. The quantitative estimate of drug-likeness (QED) is 0.537. The lowest BCUT2D eigenvalue weighted by atomic mass is 10.2. The number of rotatable bonds is 1. The van der Waals surface area contributed by atoms with E-state index in [1.165, 1.54) is 24.2 Å². The minimum absolute atomic E-state index is 0.735. The van der Waals surface area contributed by atoms with Gasteiger partial charge in [-0.05, 0) is 38.0 Å². The molecule has 0 saturated carbocycles. The first-order valence-electron chi connectivity index (χ1n) is 4.29. The highest BCUT2D eigenvalue weighted by Gasteiger charge is 2.08. The van der Waals surface area contributed by atoms with E-state index in [0.29, 0.717) is 0 Å². The molecule has 11 heavy (non-hydrogen) atoms. The fourth-order valence-corrected chi connectivity index (χ4v) is 2.53. The van der Waals surface area contributed by atoms with Gasteiger partial charge in [-0.25, -0.2) is 0 Å². The highest BCUT2D eigenvalue weighted by Crippen LogP contribution is 2.29. The Morgan fingerprint density at radius 3 is 3.18 bits per heavy atom. The Bertz CT molecular complexity index is 168. The van der Waals surface area contributed by atoms with E-state index >= 15 is 0 Å². The summed E-state index contributed by atoms with van der Waals surface area (Å²) in [6, 6.07) is 0. The predicted molar refractivity (Wildman–Crippen MR) is 53.8 cm³/mol. The Hall–Kier alpha value is -0.170. The molecule has 1 aliphatic heterocycles. The molecular weight excluding hydrogens is 152 g/mol. The largest absolute Gasteiger partial charge is 0.124 e. The molecular formula is C10H16S. The van der Waals surface area contributed by atoms with Crippen molar-refractivity contribution in [2.45, 2.75) is 38.4 Å². The molecule has 1 unspecified atom stereocenters. The maximum Gasteiger partial charge on any atom is 0.0271 e. The van der Waals surface area contributed by atoms with E-state index in [9.17, 15) is 0 Å². The molecule has 0 aliphatic carbocycles. The first-order valence-corrected chi connectivity index (χ1v) is 5.17. The molecule has 1 heterocycles. The molecule has 1 heteroatoms. The summed E-state index contributed by atoms with van der Waals surface area (Å²) in [6.07, 6.45) is 10.8. The molecule has 0 amide bonds. The molecule has 0 aromatic carbocycles. The van der Waals surface area contributed by atoms with Gasteiger partial charge in [-0.1, -0.05) is 18.2 Å². The Kier molecular flexibility index (Phi) is 3.78. The van der Waals surface area contributed by atoms with Gasteiger partial charge in [0, 0.05) is 5.25 Å². The molecule has 1 atom stereocenters. The van der Waals surface area contributed by atoms with Gasteiger partial charge in [0.1, 0.15) is 0 Å². The summed E-state index contributed by atoms with van der Waals surface area (Å²) in [7, 11) is 0. The van der Waals surface area contributed by atoms with Crippen molar-refractivity contribution in [2.75, 3.05) is 0 Å². The third-order valence-corrected chi connectivity index (χ3v) is 3.10. The van der Waals surface area contributed by atoms with E-state index in [1.54, 1.807) is 0 Å². The van der Waals surface area contributed by atoms with Crippen molar-refractivity contribution in [1.82, 2.24) is 0 Å². The van der Waals surface area contributed by atoms with Crippen LogP contribution in [0.3, 0.4) is 0 Å². The summed E-state index contributed by atoms with van der Waals surface area (Å²) in [5, 5.41) is 0.735. The van der Waals surface area contributed by atoms with E-state index in [-0.39, 0.29) is 0 Å². The van der Waals surface area contributed by atoms with E-state index in [2.05, 4.69) is 32.1 Å². The first-order chi connectivity index (χ1) is 5.33. The molecule has 0 spiro atoms. The zero-order chi connectivity index (χ0) is 8.10. The molecule has 62 valence electrons. The smallest absolute Gasteiger partial charge is 0.0271 e. The lowest BCUT2D eigenvalue weighted by molar-refractivity contribution is 0.779. The normalized spacial score (nSPS) is 26.7. The van der Waals surface area contributed by atoms with Crippen molar-refractivity contribution < 1.29 is 0 Å². The summed E-state index contributed by atoms with van der Waals surface area (Å²) in [5.74, 6) is 0. The third kappa shape index (κ3) is 3.15. The lowest BCUT2D eigenvalue weighted by Gasteiger charge is -2.07. The average Bonchev–Trinajstić information content (AvgIpc) is 2.15. The Labute approximate surface area is 73.8 Å². The van der Waals surface area contributed by atoms with Gasteiger partial charge in [0.25, 0.3) is 0 Å². The first kappa shape index (κ1) is 8.92. The van der Waals surface area contributed by atoms with E-state index < -0.39 is 0 Å². The van der Waals surface area contributed by atoms with Crippen LogP contribution in [0.2, 0.25) is 0 Å². The highest BCUT2D eigenvalue weighted by atomic mass is 32.2. The van der Waals surface area contributed by atoms with Crippen molar-refractivity contribution in [3.05, 3.63) is 23.1 Å². The summed E-state index contributed by atoms with van der Waals surface area (Å²) in [5.41, 5.74) is 0. The van der Waals surface area contributed by atoms with Crippen molar-refractivity contribution >= 4 is 11.8 Å². The second-order valence-electron chi connectivity index (χ2n) is 2.93. The van der Waals surface area contributed by atoms with Gasteiger partial charge < -0.3 is 0 Å². The van der Waals surface area contributed by atoms with E-state index in [4.69, 9.17) is 0 Å². The van der Waals surface area contributed by atoms with Gasteiger partial charge in [-0.2, -0.15) is 0 Å². The molecule has 0 radical (unpaired) electrons. The molecule has 0 nitrogen and oxygen atoms in total. The van der Waals surface area contributed by atoms with Gasteiger partial charge in [-0.3, -0.25) is 0 Å². The molecule has 0 N–H and O–H groups in total. The second-order valence-corrected chi connectivity index (χ2v) is 4.41. The van der Waals surface area contributed by atoms with E-state index in [0.717, 1.165) is 5.25 Å². The maximum absolute atomic E-state index is 2.36. The maximum atomic E-state index is 2.36. The highest BCUT2D eigenvalue weighted by molar-refractivity contribution is 8.03. The van der Waals surface area contributed by atoms with Crippen LogP contribution in [0.1, 0.15) is 33.1 Å². The molecule has 0 saturated heterocycles. The number of hydrogen-bond acceptors (Lipinski definition) is 1. The Morgan fingerprint density at radius 2 is 2.45 bits per heavy atom. The topological polar surface area (TPSA) is 0 Å². The van der Waals surface area contributed by atoms with Crippen molar-refractivity contribution in [1.29, 1.82) is 0 Å². The van der Waals surface area contributed by atoms with Crippen LogP contribution >= 0.6 is 11.8 Å². The van der Waals surface area contributed by atoms with Crippen LogP contribution in [0.5, 0.6) is 0 Å². The number of thioether (sulfide) groups is 1. The number of allylic oxidation sites excluding steroid dienone is 3. The standard InChI is InChI=1S/C10H16S/c1-3-6-10-8-5-4-7-9(2)11-10/h3,6-7,10H,4-5,8H2,1-2H3/b6-3-. The average molecular weight is 168 g/mol. The zero-order valence-electron chi connectivity index (χ0n) is 7.34. The zero-order valence-corrected chi connectivity index (χ0v) is 8.16. The van der Waals surface area contributed by atoms with E-state index in [1.807, 2.05) is 11.8 Å². The fraction of sp³-hybridized carbons (Fsp3) is 0.600.